The van der Waals surface area contributed by atoms with Crippen LogP contribution in [-0.2, 0) is 19.5 Å². The van der Waals surface area contributed by atoms with E-state index in [9.17, 15) is 0 Å². The molecule has 0 fully saturated rings. The van der Waals surface area contributed by atoms with Crippen molar-refractivity contribution >= 4 is 67.9 Å². The number of halogens is 4. The molecule has 5 heavy (non-hydrogen) atoms. The van der Waals surface area contributed by atoms with E-state index in [0.29, 0.717) is 0 Å². The summed E-state index contributed by atoms with van der Waals surface area (Å²) >= 11 is 0. The Balaban J connectivity index is 0. The molecule has 1 radical (unpaired) electrons. The molecule has 0 saturated carbocycles. The number of hydrogen-bond acceptors (Lipinski definition) is 0. The summed E-state index contributed by atoms with van der Waals surface area (Å²) in [5.41, 5.74) is 0. The van der Waals surface area contributed by atoms with Gasteiger partial charge in [0.1, 0.15) is 0 Å². The summed E-state index contributed by atoms with van der Waals surface area (Å²) in [7, 11) is 0. The molecule has 0 saturated heterocycles. The molecule has 0 aromatic carbocycles. The maximum Gasteiger partial charge on any atom is 0 e. The van der Waals surface area contributed by atoms with Crippen LogP contribution in [0.15, 0.2) is 0 Å². The Morgan fingerprint density at radius 2 is 0.400 bits per heavy atom. The van der Waals surface area contributed by atoms with Crippen molar-refractivity contribution in [2.24, 2.45) is 0 Å². The van der Waals surface area contributed by atoms with E-state index in [1.165, 1.54) is 0 Å². The van der Waals surface area contributed by atoms with Gasteiger partial charge in [0.05, 0.1) is 0 Å². The molecule has 0 spiro atoms. The quantitative estimate of drug-likeness (QED) is 0.522. The van der Waals surface area contributed by atoms with E-state index in [-0.39, 0.29) is 87.4 Å². The third-order valence-corrected chi connectivity index (χ3v) is 0. The molecule has 5 heteroatoms. The zero-order chi connectivity index (χ0) is 0. The van der Waals surface area contributed by atoms with Crippen molar-refractivity contribution < 1.29 is 19.5 Å². The SMILES string of the molecule is Br.Br.Br.Br.[Rh]. The molecule has 0 bridgehead atoms. The fraction of sp³-hybridized carbons (Fsp3) is 0. The largest absolute Gasteiger partial charge is 0.114 e. The summed E-state index contributed by atoms with van der Waals surface area (Å²) in [6, 6.07) is 0. The third kappa shape index (κ3) is 20.9. The van der Waals surface area contributed by atoms with Crippen LogP contribution >= 0.6 is 67.9 Å². The van der Waals surface area contributed by atoms with Gasteiger partial charge >= 0.3 is 0 Å². The molecule has 0 aliphatic rings. The summed E-state index contributed by atoms with van der Waals surface area (Å²) in [6.07, 6.45) is 0. The van der Waals surface area contributed by atoms with E-state index in [1.807, 2.05) is 0 Å². The summed E-state index contributed by atoms with van der Waals surface area (Å²) in [6.45, 7) is 0. The predicted molar refractivity (Wildman–Crippen MR) is 41.3 cm³/mol. The average Bonchev–Trinajstić information content (AvgIpc) is 0. The Hall–Kier alpha value is 2.54. The standard InChI is InChI=1S/4BrH.Rh/h4*1H;. The molecule has 0 atom stereocenters. The van der Waals surface area contributed by atoms with Crippen LogP contribution in [0.1, 0.15) is 0 Å². The van der Waals surface area contributed by atoms with E-state index in [1.54, 1.807) is 0 Å². The Morgan fingerprint density at radius 3 is 0.400 bits per heavy atom. The van der Waals surface area contributed by atoms with Crippen molar-refractivity contribution in [1.29, 1.82) is 0 Å². The summed E-state index contributed by atoms with van der Waals surface area (Å²) in [5, 5.41) is 0. The van der Waals surface area contributed by atoms with Gasteiger partial charge in [-0.05, 0) is 0 Å². The van der Waals surface area contributed by atoms with Crippen LogP contribution in [0.5, 0.6) is 0 Å². The normalized spacial score (nSPS) is 0. The van der Waals surface area contributed by atoms with Gasteiger partial charge < -0.3 is 0 Å². The average molecular weight is 427 g/mol. The first-order chi connectivity index (χ1) is 0. The second-order valence-electron chi connectivity index (χ2n) is 0. The smallest absolute Gasteiger partial charge is 0 e. The van der Waals surface area contributed by atoms with Crippen molar-refractivity contribution in [3.05, 3.63) is 0 Å². The molecule has 0 aliphatic carbocycles. The Labute approximate surface area is 86.3 Å². The molecular weight excluding hydrogens is 423 g/mol. The Bertz CT molecular complexity index is 3.61. The molecule has 41 valence electrons. The molecule has 0 heterocycles. The van der Waals surface area contributed by atoms with E-state index in [0.717, 1.165) is 0 Å². The van der Waals surface area contributed by atoms with Crippen molar-refractivity contribution in [3.8, 4) is 0 Å². The molecule has 0 unspecified atom stereocenters. The molecule has 0 aromatic heterocycles. The minimum Gasteiger partial charge on any atom is -0.114 e. The fourth-order valence-corrected chi connectivity index (χ4v) is 0. The zero-order valence-corrected chi connectivity index (χ0v) is 10.5. The van der Waals surface area contributed by atoms with Gasteiger partial charge in [-0.15, -0.1) is 67.9 Å². The van der Waals surface area contributed by atoms with Crippen LogP contribution in [0.2, 0.25) is 0 Å². The minimum atomic E-state index is 0. The van der Waals surface area contributed by atoms with Gasteiger partial charge in [0.2, 0.25) is 0 Å². The van der Waals surface area contributed by atoms with Gasteiger partial charge in [0, 0.05) is 19.5 Å². The van der Waals surface area contributed by atoms with Crippen LogP contribution in [-0.4, -0.2) is 0 Å². The van der Waals surface area contributed by atoms with Gasteiger partial charge in [-0.2, -0.15) is 0 Å². The zero-order valence-electron chi connectivity index (χ0n) is 1.97. The summed E-state index contributed by atoms with van der Waals surface area (Å²) in [4.78, 5) is 0. The molecular formula is H4Br4Rh. The van der Waals surface area contributed by atoms with Gasteiger partial charge in [0.25, 0.3) is 0 Å². The Morgan fingerprint density at radius 1 is 0.400 bits per heavy atom. The molecule has 0 aromatic rings. The van der Waals surface area contributed by atoms with Crippen LogP contribution in [0.25, 0.3) is 0 Å². The van der Waals surface area contributed by atoms with Gasteiger partial charge in [0.15, 0.2) is 0 Å². The van der Waals surface area contributed by atoms with E-state index in [2.05, 4.69) is 0 Å². The summed E-state index contributed by atoms with van der Waals surface area (Å²) < 4.78 is 0. The number of hydrogen-bond donors (Lipinski definition) is 0. The van der Waals surface area contributed by atoms with Crippen molar-refractivity contribution in [2.75, 3.05) is 0 Å². The second-order valence-corrected chi connectivity index (χ2v) is 0. The van der Waals surface area contributed by atoms with Crippen LogP contribution < -0.4 is 0 Å². The maximum atomic E-state index is 0. The molecule has 0 amide bonds. The topological polar surface area (TPSA) is 0 Å². The van der Waals surface area contributed by atoms with Gasteiger partial charge in [-0.3, -0.25) is 0 Å². The minimum absolute atomic E-state index is 0. The molecule has 0 aliphatic heterocycles. The van der Waals surface area contributed by atoms with Crippen LogP contribution in [0.4, 0.5) is 0 Å². The fourth-order valence-electron chi connectivity index (χ4n) is 0. The number of rotatable bonds is 0. The van der Waals surface area contributed by atoms with Gasteiger partial charge in [-0.1, -0.05) is 0 Å². The van der Waals surface area contributed by atoms with Crippen molar-refractivity contribution in [3.63, 3.8) is 0 Å². The summed E-state index contributed by atoms with van der Waals surface area (Å²) in [5.74, 6) is 0. The second kappa shape index (κ2) is 31.1. The van der Waals surface area contributed by atoms with E-state index in [4.69, 9.17) is 0 Å². The van der Waals surface area contributed by atoms with E-state index < -0.39 is 0 Å². The van der Waals surface area contributed by atoms with Crippen molar-refractivity contribution in [2.45, 2.75) is 0 Å². The molecule has 0 N–H and O–H groups in total. The predicted octanol–water partition coefficient (Wildman–Crippen LogP) is 2.31. The first kappa shape index (κ1) is 49.9. The molecule has 0 nitrogen and oxygen atoms in total. The monoisotopic (exact) mass is 423 g/mol. The first-order valence-electron chi connectivity index (χ1n) is 0. The maximum absolute atomic E-state index is 0. The van der Waals surface area contributed by atoms with E-state index >= 15 is 0 Å². The van der Waals surface area contributed by atoms with Crippen molar-refractivity contribution in [1.82, 2.24) is 0 Å². The Kier molecular flexibility index (Phi) is 310. The van der Waals surface area contributed by atoms with Crippen LogP contribution in [0, 0.1) is 0 Å². The first-order valence-corrected chi connectivity index (χ1v) is 0. The third-order valence-electron chi connectivity index (χ3n) is 0. The van der Waals surface area contributed by atoms with Gasteiger partial charge in [-0.25, -0.2) is 0 Å². The van der Waals surface area contributed by atoms with Crippen LogP contribution in [0.3, 0.4) is 0 Å². The molecule has 0 rings (SSSR count).